The molecule has 2 N–H and O–H groups in total. The molecule has 0 heterocycles. The van der Waals surface area contributed by atoms with Gasteiger partial charge in [0.1, 0.15) is 0 Å². The van der Waals surface area contributed by atoms with Gasteiger partial charge in [-0.1, -0.05) is 11.2 Å². The van der Waals surface area contributed by atoms with Crippen molar-refractivity contribution in [2.45, 2.75) is 20.8 Å². The van der Waals surface area contributed by atoms with Crippen molar-refractivity contribution in [2.24, 2.45) is 5.11 Å². The molecular weight excluding hydrogens is 164 g/mol. The molecule has 0 radical (unpaired) electrons. The molecule has 4 nitrogen and oxygen atoms in total. The van der Waals surface area contributed by atoms with Gasteiger partial charge in [0.05, 0.1) is 5.69 Å². The number of hydrogen-bond acceptors (Lipinski definition) is 2. The third-order valence-corrected chi connectivity index (χ3v) is 2.20. The Hall–Kier alpha value is -1.67. The zero-order valence-corrected chi connectivity index (χ0v) is 8.00. The van der Waals surface area contributed by atoms with E-state index in [0.29, 0.717) is 11.4 Å². The maximum Gasteiger partial charge on any atom is 0.0637 e. The number of nitrogen functional groups attached to an aromatic ring is 1. The molecule has 68 valence electrons. The van der Waals surface area contributed by atoms with Crippen LogP contribution in [0.2, 0.25) is 0 Å². The first-order valence-electron chi connectivity index (χ1n) is 3.99. The number of nitrogens with two attached hydrogens (primary N) is 1. The van der Waals surface area contributed by atoms with Crippen LogP contribution in [0, 0.1) is 20.8 Å². The summed E-state index contributed by atoms with van der Waals surface area (Å²) in [5.41, 5.74) is 18.3. The second-order valence-electron chi connectivity index (χ2n) is 3.09. The van der Waals surface area contributed by atoms with Crippen LogP contribution in [-0.2, 0) is 0 Å². The van der Waals surface area contributed by atoms with Crippen LogP contribution in [0.25, 0.3) is 10.4 Å². The third-order valence-electron chi connectivity index (χ3n) is 2.20. The van der Waals surface area contributed by atoms with Gasteiger partial charge in [-0.2, -0.15) is 0 Å². The lowest BCUT2D eigenvalue weighted by molar-refractivity contribution is 1.28. The first-order chi connectivity index (χ1) is 6.07. The molecule has 0 aromatic heterocycles. The van der Waals surface area contributed by atoms with Crippen LogP contribution in [0.3, 0.4) is 0 Å². The van der Waals surface area contributed by atoms with Crippen molar-refractivity contribution in [2.75, 3.05) is 5.73 Å². The highest BCUT2D eigenvalue weighted by Gasteiger charge is 2.06. The van der Waals surface area contributed by atoms with Gasteiger partial charge in [0.25, 0.3) is 0 Å². The molecule has 0 aliphatic carbocycles. The number of hydrogen-bond donors (Lipinski definition) is 1. The Balaban J connectivity index is 3.52. The summed E-state index contributed by atoms with van der Waals surface area (Å²) in [6.07, 6.45) is 0. The summed E-state index contributed by atoms with van der Waals surface area (Å²) in [7, 11) is 0. The molecule has 1 aromatic carbocycles. The zero-order chi connectivity index (χ0) is 10.0. The van der Waals surface area contributed by atoms with Gasteiger partial charge in [0.2, 0.25) is 0 Å². The lowest BCUT2D eigenvalue weighted by atomic mass is 10.0. The van der Waals surface area contributed by atoms with Crippen molar-refractivity contribution < 1.29 is 0 Å². The van der Waals surface area contributed by atoms with Crippen LogP contribution >= 0.6 is 0 Å². The largest absolute Gasteiger partial charge is 0.398 e. The molecule has 0 spiro atoms. The smallest absolute Gasteiger partial charge is 0.0637 e. The molecule has 4 heteroatoms. The van der Waals surface area contributed by atoms with Crippen LogP contribution in [0.4, 0.5) is 11.4 Å². The molecular formula is C9H12N4. The van der Waals surface area contributed by atoms with Crippen LogP contribution in [-0.4, -0.2) is 0 Å². The molecule has 0 fully saturated rings. The summed E-state index contributed by atoms with van der Waals surface area (Å²) in [5, 5.41) is 3.56. The average molecular weight is 176 g/mol. The summed E-state index contributed by atoms with van der Waals surface area (Å²) in [6.45, 7) is 5.78. The minimum absolute atomic E-state index is 0.547. The van der Waals surface area contributed by atoms with E-state index in [1.807, 2.05) is 26.8 Å². The summed E-state index contributed by atoms with van der Waals surface area (Å²) in [5.74, 6) is 0. The highest BCUT2D eigenvalue weighted by Crippen LogP contribution is 2.31. The molecule has 0 atom stereocenters. The number of aryl methyl sites for hydroxylation is 2. The van der Waals surface area contributed by atoms with E-state index in [0.717, 1.165) is 16.7 Å². The van der Waals surface area contributed by atoms with E-state index in [4.69, 9.17) is 11.3 Å². The van der Waals surface area contributed by atoms with E-state index in [1.54, 1.807) is 0 Å². The normalized spacial score (nSPS) is 9.46. The van der Waals surface area contributed by atoms with Crippen molar-refractivity contribution in [3.8, 4) is 0 Å². The molecule has 0 unspecified atom stereocenters. The van der Waals surface area contributed by atoms with Gasteiger partial charge in [-0.05, 0) is 43.0 Å². The van der Waals surface area contributed by atoms with Crippen LogP contribution in [0.5, 0.6) is 0 Å². The van der Waals surface area contributed by atoms with Crippen LogP contribution < -0.4 is 5.73 Å². The summed E-state index contributed by atoms with van der Waals surface area (Å²) in [6, 6.07) is 1.97. The van der Waals surface area contributed by atoms with E-state index in [1.165, 1.54) is 0 Å². The Morgan fingerprint density at radius 1 is 1.31 bits per heavy atom. The van der Waals surface area contributed by atoms with Crippen molar-refractivity contribution in [1.82, 2.24) is 0 Å². The molecule has 0 aliphatic rings. The van der Waals surface area contributed by atoms with Crippen molar-refractivity contribution in [3.05, 3.63) is 33.2 Å². The van der Waals surface area contributed by atoms with E-state index < -0.39 is 0 Å². The second-order valence-corrected chi connectivity index (χ2v) is 3.09. The van der Waals surface area contributed by atoms with Gasteiger partial charge in [0.15, 0.2) is 0 Å². The molecule has 0 saturated heterocycles. The lowest BCUT2D eigenvalue weighted by Crippen LogP contribution is -1.94. The molecule has 0 bridgehead atoms. The fraction of sp³-hybridized carbons (Fsp3) is 0.333. The highest BCUT2D eigenvalue weighted by atomic mass is 15.1. The predicted octanol–water partition coefficient (Wildman–Crippen LogP) is 3.14. The highest BCUT2D eigenvalue weighted by molar-refractivity contribution is 5.71. The first-order valence-corrected chi connectivity index (χ1v) is 3.99. The van der Waals surface area contributed by atoms with Crippen molar-refractivity contribution in [3.63, 3.8) is 0 Å². The topological polar surface area (TPSA) is 74.8 Å². The average Bonchev–Trinajstić information content (AvgIpc) is 2.09. The van der Waals surface area contributed by atoms with Gasteiger partial charge in [-0.3, -0.25) is 0 Å². The first kappa shape index (κ1) is 9.42. The molecule has 0 aliphatic heterocycles. The maximum atomic E-state index is 8.33. The fourth-order valence-corrected chi connectivity index (χ4v) is 1.28. The van der Waals surface area contributed by atoms with E-state index in [-0.39, 0.29) is 0 Å². The number of rotatable bonds is 1. The molecule has 1 rings (SSSR count). The third kappa shape index (κ3) is 1.58. The fourth-order valence-electron chi connectivity index (χ4n) is 1.28. The molecule has 0 saturated carbocycles. The Labute approximate surface area is 77.0 Å². The summed E-state index contributed by atoms with van der Waals surface area (Å²) >= 11 is 0. The predicted molar refractivity (Wildman–Crippen MR) is 53.9 cm³/mol. The molecule has 1 aromatic rings. The molecule has 13 heavy (non-hydrogen) atoms. The molecule has 0 amide bonds. The minimum atomic E-state index is 0.547. The van der Waals surface area contributed by atoms with Crippen LogP contribution in [0.15, 0.2) is 11.2 Å². The summed E-state index contributed by atoms with van der Waals surface area (Å²) in [4.78, 5) is 2.74. The van der Waals surface area contributed by atoms with Gasteiger partial charge in [-0.15, -0.1) is 0 Å². The number of azide groups is 1. The second kappa shape index (κ2) is 3.37. The SMILES string of the molecule is Cc1cc(C)c(N=[N+]=[N-])c(N)c1C. The number of anilines is 1. The van der Waals surface area contributed by atoms with Gasteiger partial charge in [0, 0.05) is 10.6 Å². The standard InChI is InChI=1S/C9H12N4/c1-5-4-6(2)9(12-13-11)8(10)7(5)3/h4H,10H2,1-3H3. The van der Waals surface area contributed by atoms with E-state index in [2.05, 4.69) is 10.0 Å². The number of nitrogens with zero attached hydrogens (tertiary/aromatic N) is 3. The van der Waals surface area contributed by atoms with Crippen LogP contribution in [0.1, 0.15) is 16.7 Å². The van der Waals surface area contributed by atoms with Gasteiger partial charge >= 0.3 is 0 Å². The number of benzene rings is 1. The Kier molecular flexibility index (Phi) is 2.44. The van der Waals surface area contributed by atoms with Gasteiger partial charge < -0.3 is 5.73 Å². The quantitative estimate of drug-likeness (QED) is 0.303. The monoisotopic (exact) mass is 176 g/mol. The Bertz CT molecular complexity index is 389. The van der Waals surface area contributed by atoms with E-state index in [9.17, 15) is 0 Å². The van der Waals surface area contributed by atoms with Crippen molar-refractivity contribution in [1.29, 1.82) is 0 Å². The zero-order valence-electron chi connectivity index (χ0n) is 8.00. The van der Waals surface area contributed by atoms with Crippen molar-refractivity contribution >= 4 is 11.4 Å². The summed E-state index contributed by atoms with van der Waals surface area (Å²) < 4.78 is 0. The van der Waals surface area contributed by atoms with Gasteiger partial charge in [-0.25, -0.2) is 0 Å². The minimum Gasteiger partial charge on any atom is -0.398 e. The lowest BCUT2D eigenvalue weighted by Gasteiger charge is -2.09. The Morgan fingerprint density at radius 2 is 1.92 bits per heavy atom. The maximum absolute atomic E-state index is 8.33. The van der Waals surface area contributed by atoms with E-state index >= 15 is 0 Å². The Morgan fingerprint density at radius 3 is 2.46 bits per heavy atom.